The zero-order chi connectivity index (χ0) is 33.4. The van der Waals surface area contributed by atoms with Crippen molar-refractivity contribution in [2.24, 2.45) is 0 Å². The number of aryl methyl sites for hydroxylation is 1. The number of nitrogens with one attached hydrogen (secondary N) is 4. The van der Waals surface area contributed by atoms with E-state index in [9.17, 15) is 24.0 Å². The van der Waals surface area contributed by atoms with Gasteiger partial charge in [-0.3, -0.25) is 14.4 Å². The zero-order valence-electron chi connectivity index (χ0n) is 26.9. The Kier molecular flexibility index (Phi) is 14.6. The molecule has 0 aliphatic heterocycles. The van der Waals surface area contributed by atoms with E-state index in [1.165, 1.54) is 12.0 Å². The van der Waals surface area contributed by atoms with E-state index >= 15 is 0 Å². The second-order valence-electron chi connectivity index (χ2n) is 11.1. The van der Waals surface area contributed by atoms with Crippen LogP contribution in [0, 0.1) is 6.92 Å². The number of carbonyl (C=O) groups excluding carboxylic acids is 5. The van der Waals surface area contributed by atoms with E-state index in [1.807, 2.05) is 25.1 Å². The minimum absolute atomic E-state index is 0.00379. The molecular formula is C32H45N5O8. The maximum absolute atomic E-state index is 13.0. The monoisotopic (exact) mass is 627 g/mol. The van der Waals surface area contributed by atoms with Gasteiger partial charge in [0.05, 0.1) is 38.8 Å². The topological polar surface area (TPSA) is 164 Å². The maximum atomic E-state index is 13.0. The molecule has 0 fully saturated rings. The average molecular weight is 628 g/mol. The number of carbonyl (C=O) groups is 5. The SMILES string of the molecule is CCOC(=O)CCN(CCCNC(=O)OC(C)(C)C)C(=O)CNC(=O)Cc1ccc(NC(=O)Nc2ccccc2C)c(OC)c1. The number of esters is 1. The molecule has 0 aliphatic rings. The summed E-state index contributed by atoms with van der Waals surface area (Å²) in [6.07, 6.45) is -0.201. The summed E-state index contributed by atoms with van der Waals surface area (Å²) in [5, 5.41) is 10.8. The first kappa shape index (κ1) is 36.4. The number of urea groups is 1. The highest BCUT2D eigenvalue weighted by Gasteiger charge is 2.19. The van der Waals surface area contributed by atoms with Crippen molar-refractivity contribution in [3.05, 3.63) is 53.6 Å². The van der Waals surface area contributed by atoms with Gasteiger partial charge in [-0.05, 0) is 70.4 Å². The number of amides is 5. The van der Waals surface area contributed by atoms with Gasteiger partial charge in [0, 0.05) is 25.3 Å². The fraction of sp³-hybridized carbons (Fsp3) is 0.469. The minimum atomic E-state index is -0.633. The van der Waals surface area contributed by atoms with Crippen LogP contribution in [0.3, 0.4) is 0 Å². The molecule has 0 aliphatic carbocycles. The average Bonchev–Trinajstić information content (AvgIpc) is 2.96. The number of methoxy groups -OCH3 is 1. The summed E-state index contributed by atoms with van der Waals surface area (Å²) < 4.78 is 15.6. The lowest BCUT2D eigenvalue weighted by atomic mass is 10.1. The van der Waals surface area contributed by atoms with E-state index in [4.69, 9.17) is 14.2 Å². The molecule has 5 amide bonds. The first-order chi connectivity index (χ1) is 21.3. The first-order valence-corrected chi connectivity index (χ1v) is 14.8. The Hall–Kier alpha value is -4.81. The minimum Gasteiger partial charge on any atom is -0.495 e. The van der Waals surface area contributed by atoms with Crippen LogP contribution in [0.5, 0.6) is 5.75 Å². The molecule has 2 aromatic rings. The van der Waals surface area contributed by atoms with E-state index in [-0.39, 0.29) is 51.5 Å². The molecule has 45 heavy (non-hydrogen) atoms. The Labute approximate surface area is 264 Å². The number of alkyl carbamates (subject to hydrolysis) is 1. The number of hydrogen-bond acceptors (Lipinski definition) is 8. The van der Waals surface area contributed by atoms with Gasteiger partial charge in [0.1, 0.15) is 11.4 Å². The molecule has 2 rings (SSSR count). The van der Waals surface area contributed by atoms with Gasteiger partial charge in [0.25, 0.3) is 0 Å². The Morgan fingerprint density at radius 1 is 0.911 bits per heavy atom. The Morgan fingerprint density at radius 2 is 1.62 bits per heavy atom. The van der Waals surface area contributed by atoms with E-state index < -0.39 is 29.6 Å². The van der Waals surface area contributed by atoms with Crippen LogP contribution in [0.1, 0.15) is 51.7 Å². The number of anilines is 2. The number of para-hydroxylation sites is 1. The molecule has 2 aromatic carbocycles. The predicted octanol–water partition coefficient (Wildman–Crippen LogP) is 4.00. The number of benzene rings is 2. The fourth-order valence-electron chi connectivity index (χ4n) is 4.07. The molecule has 13 heteroatoms. The summed E-state index contributed by atoms with van der Waals surface area (Å²) in [7, 11) is 1.45. The maximum Gasteiger partial charge on any atom is 0.407 e. The zero-order valence-corrected chi connectivity index (χ0v) is 26.9. The highest BCUT2D eigenvalue weighted by Crippen LogP contribution is 2.26. The number of nitrogens with zero attached hydrogens (tertiary/aromatic N) is 1. The van der Waals surface area contributed by atoms with E-state index in [1.54, 1.807) is 52.0 Å². The molecule has 246 valence electrons. The standard InChI is InChI=1S/C32H45N5O8/c1-7-44-29(40)15-18-37(17-10-16-33-31(42)45-32(3,4)5)28(39)21-34-27(38)20-23-13-14-25(26(19-23)43-6)36-30(41)35-24-12-9-8-11-22(24)2/h8-9,11-14,19H,7,10,15-18,20-21H2,1-6H3,(H,33,42)(H,34,38)(H2,35,36,41). The lowest BCUT2D eigenvalue weighted by molar-refractivity contribution is -0.144. The summed E-state index contributed by atoms with van der Waals surface area (Å²) in [5.41, 5.74) is 1.98. The van der Waals surface area contributed by atoms with Crippen molar-refractivity contribution in [1.82, 2.24) is 15.5 Å². The van der Waals surface area contributed by atoms with Crippen LogP contribution >= 0.6 is 0 Å². The molecular weight excluding hydrogens is 582 g/mol. The Bertz CT molecular complexity index is 1320. The lowest BCUT2D eigenvalue weighted by Crippen LogP contribution is -2.43. The van der Waals surface area contributed by atoms with Gasteiger partial charge < -0.3 is 40.4 Å². The second-order valence-corrected chi connectivity index (χ2v) is 11.1. The summed E-state index contributed by atoms with van der Waals surface area (Å²) in [6, 6.07) is 11.9. The number of rotatable bonds is 15. The molecule has 0 saturated heterocycles. The van der Waals surface area contributed by atoms with Gasteiger partial charge in [-0.2, -0.15) is 0 Å². The Morgan fingerprint density at radius 3 is 2.29 bits per heavy atom. The molecule has 0 radical (unpaired) electrons. The normalized spacial score (nSPS) is 10.7. The van der Waals surface area contributed by atoms with Gasteiger partial charge in [-0.25, -0.2) is 9.59 Å². The van der Waals surface area contributed by atoms with Crippen molar-refractivity contribution < 1.29 is 38.2 Å². The third-order valence-electron chi connectivity index (χ3n) is 6.23. The summed E-state index contributed by atoms with van der Waals surface area (Å²) in [4.78, 5) is 63.4. The van der Waals surface area contributed by atoms with Crippen molar-refractivity contribution in [1.29, 1.82) is 0 Å². The summed E-state index contributed by atoms with van der Waals surface area (Å²) >= 11 is 0. The fourth-order valence-corrected chi connectivity index (χ4v) is 4.07. The molecule has 0 atom stereocenters. The van der Waals surface area contributed by atoms with E-state index in [2.05, 4.69) is 21.3 Å². The van der Waals surface area contributed by atoms with Crippen molar-refractivity contribution >= 4 is 41.3 Å². The molecule has 0 unspecified atom stereocenters. The van der Waals surface area contributed by atoms with Crippen LogP contribution in [0.15, 0.2) is 42.5 Å². The van der Waals surface area contributed by atoms with Crippen molar-refractivity contribution in [3.63, 3.8) is 0 Å². The molecule has 0 spiro atoms. The quantitative estimate of drug-likeness (QED) is 0.170. The van der Waals surface area contributed by atoms with Crippen molar-refractivity contribution in [2.75, 3.05) is 50.5 Å². The smallest absolute Gasteiger partial charge is 0.407 e. The van der Waals surface area contributed by atoms with E-state index in [0.717, 1.165) is 5.56 Å². The van der Waals surface area contributed by atoms with Gasteiger partial charge in [0.2, 0.25) is 11.8 Å². The van der Waals surface area contributed by atoms with Gasteiger partial charge >= 0.3 is 18.1 Å². The highest BCUT2D eigenvalue weighted by molar-refractivity contribution is 6.01. The predicted molar refractivity (Wildman–Crippen MR) is 170 cm³/mol. The van der Waals surface area contributed by atoms with Gasteiger partial charge in [0.15, 0.2) is 0 Å². The molecule has 13 nitrogen and oxygen atoms in total. The Balaban J connectivity index is 1.92. The highest BCUT2D eigenvalue weighted by atomic mass is 16.6. The van der Waals surface area contributed by atoms with Gasteiger partial charge in [-0.15, -0.1) is 0 Å². The van der Waals surface area contributed by atoms with Crippen molar-refractivity contribution in [3.8, 4) is 5.75 Å². The summed E-state index contributed by atoms with van der Waals surface area (Å²) in [5.74, 6) is -0.866. The molecule has 4 N–H and O–H groups in total. The van der Waals surface area contributed by atoms with Gasteiger partial charge in [-0.1, -0.05) is 24.3 Å². The van der Waals surface area contributed by atoms with Crippen LogP contribution < -0.4 is 26.0 Å². The molecule has 0 bridgehead atoms. The molecule has 0 heterocycles. The van der Waals surface area contributed by atoms with Crippen LogP contribution in [-0.4, -0.2) is 80.3 Å². The first-order valence-electron chi connectivity index (χ1n) is 14.8. The van der Waals surface area contributed by atoms with Crippen LogP contribution in [0.2, 0.25) is 0 Å². The lowest BCUT2D eigenvalue weighted by Gasteiger charge is -2.23. The summed E-state index contributed by atoms with van der Waals surface area (Å²) in [6.45, 7) is 9.40. The van der Waals surface area contributed by atoms with Crippen molar-refractivity contribution in [2.45, 2.75) is 59.5 Å². The third kappa shape index (κ3) is 14.0. The van der Waals surface area contributed by atoms with E-state index in [0.29, 0.717) is 29.1 Å². The van der Waals surface area contributed by atoms with Crippen LogP contribution in [0.25, 0.3) is 0 Å². The third-order valence-corrected chi connectivity index (χ3v) is 6.23. The largest absolute Gasteiger partial charge is 0.495 e. The number of ether oxygens (including phenoxy) is 3. The van der Waals surface area contributed by atoms with Crippen LogP contribution in [-0.2, 0) is 30.3 Å². The molecule has 0 saturated carbocycles. The second kappa shape index (κ2) is 18.1. The van der Waals surface area contributed by atoms with Crippen LogP contribution in [0.4, 0.5) is 21.0 Å². The molecule has 0 aromatic heterocycles. The number of hydrogen-bond donors (Lipinski definition) is 4.